The van der Waals surface area contributed by atoms with Gasteiger partial charge < -0.3 is 14.6 Å². The lowest BCUT2D eigenvalue weighted by molar-refractivity contribution is -0.192. The third kappa shape index (κ3) is 5.48. The van der Waals surface area contributed by atoms with Crippen LogP contribution in [0.5, 0.6) is 0 Å². The van der Waals surface area contributed by atoms with Crippen molar-refractivity contribution in [3.63, 3.8) is 0 Å². The van der Waals surface area contributed by atoms with E-state index < -0.39 is 23.5 Å². The molecule has 2 aliphatic carbocycles. The summed E-state index contributed by atoms with van der Waals surface area (Å²) < 4.78 is 37.3. The Labute approximate surface area is 142 Å². The fourth-order valence-corrected chi connectivity index (χ4v) is 2.50. The van der Waals surface area contributed by atoms with Gasteiger partial charge in [0.2, 0.25) is 0 Å². The first-order valence-electron chi connectivity index (χ1n) is 7.86. The number of carbonyl (C=O) groups is 2. The van der Waals surface area contributed by atoms with Crippen LogP contribution in [0.3, 0.4) is 0 Å². The fourth-order valence-electron chi connectivity index (χ4n) is 2.50. The number of furan rings is 1. The molecular formula is C16H20F3NO5. The molecule has 0 aliphatic heterocycles. The summed E-state index contributed by atoms with van der Waals surface area (Å²) in [6.45, 7) is 3.35. The average molecular weight is 363 g/mol. The van der Waals surface area contributed by atoms with Crippen molar-refractivity contribution < 1.29 is 37.4 Å². The van der Waals surface area contributed by atoms with Crippen molar-refractivity contribution in [2.45, 2.75) is 51.4 Å². The van der Waals surface area contributed by atoms with Crippen molar-refractivity contribution >= 4 is 11.9 Å². The predicted octanol–water partition coefficient (Wildman–Crippen LogP) is 3.05. The largest absolute Gasteiger partial charge is 0.490 e. The van der Waals surface area contributed by atoms with Crippen LogP contribution in [0.1, 0.15) is 37.2 Å². The van der Waals surface area contributed by atoms with Crippen LogP contribution in [0.25, 0.3) is 0 Å². The Kier molecular flexibility index (Phi) is 5.46. The predicted molar refractivity (Wildman–Crippen MR) is 79.9 cm³/mol. The maximum atomic E-state index is 11.3. The molecule has 0 radical (unpaired) electrons. The molecule has 0 amide bonds. The van der Waals surface area contributed by atoms with Crippen LogP contribution in [-0.2, 0) is 16.1 Å². The molecule has 1 heterocycles. The second kappa shape index (κ2) is 7.07. The highest BCUT2D eigenvalue weighted by molar-refractivity contribution is 5.78. The van der Waals surface area contributed by atoms with Gasteiger partial charge in [-0.2, -0.15) is 13.2 Å². The molecule has 0 unspecified atom stereocenters. The van der Waals surface area contributed by atoms with E-state index in [-0.39, 0.29) is 0 Å². The van der Waals surface area contributed by atoms with Gasteiger partial charge in [-0.15, -0.1) is 0 Å². The van der Waals surface area contributed by atoms with Gasteiger partial charge in [0.15, 0.2) is 0 Å². The summed E-state index contributed by atoms with van der Waals surface area (Å²) in [7, 11) is 0. The molecule has 0 bridgehead atoms. The zero-order chi connectivity index (χ0) is 18.8. The van der Waals surface area contributed by atoms with E-state index in [2.05, 4.69) is 4.90 Å². The highest BCUT2D eigenvalue weighted by Gasteiger charge is 2.52. The minimum absolute atomic E-state index is 0.468. The molecule has 25 heavy (non-hydrogen) atoms. The van der Waals surface area contributed by atoms with Gasteiger partial charge in [0.05, 0.1) is 12.0 Å². The summed E-state index contributed by atoms with van der Waals surface area (Å²) in [6.07, 6.45) is -1.06. The van der Waals surface area contributed by atoms with Gasteiger partial charge in [-0.05, 0) is 44.7 Å². The average Bonchev–Trinajstić information content (AvgIpc) is 3.39. The van der Waals surface area contributed by atoms with E-state index in [0.29, 0.717) is 12.6 Å². The molecule has 2 aliphatic rings. The molecule has 0 aromatic carbocycles. The van der Waals surface area contributed by atoms with Crippen LogP contribution >= 0.6 is 0 Å². The van der Waals surface area contributed by atoms with Gasteiger partial charge in [0.1, 0.15) is 11.5 Å². The van der Waals surface area contributed by atoms with Crippen LogP contribution in [0.2, 0.25) is 0 Å². The third-order valence-electron chi connectivity index (χ3n) is 4.27. The van der Waals surface area contributed by atoms with Crippen LogP contribution in [0.15, 0.2) is 16.5 Å². The van der Waals surface area contributed by atoms with Gasteiger partial charge >= 0.3 is 18.1 Å². The lowest BCUT2D eigenvalue weighted by Crippen LogP contribution is -2.35. The second-order valence-corrected chi connectivity index (χ2v) is 6.54. The first-order chi connectivity index (χ1) is 11.5. The van der Waals surface area contributed by atoms with Gasteiger partial charge in [0, 0.05) is 12.6 Å². The van der Waals surface area contributed by atoms with Crippen LogP contribution < -0.4 is 0 Å². The Hall–Kier alpha value is -2.03. The summed E-state index contributed by atoms with van der Waals surface area (Å²) in [4.78, 5) is 22.5. The Morgan fingerprint density at radius 3 is 2.16 bits per heavy atom. The van der Waals surface area contributed by atoms with Crippen molar-refractivity contribution in [2.75, 3.05) is 6.54 Å². The fraction of sp³-hybridized carbons (Fsp3) is 0.625. The Morgan fingerprint density at radius 2 is 1.84 bits per heavy atom. The van der Waals surface area contributed by atoms with Crippen molar-refractivity contribution in [3.8, 4) is 0 Å². The van der Waals surface area contributed by atoms with Gasteiger partial charge in [-0.1, -0.05) is 0 Å². The molecule has 0 saturated heterocycles. The van der Waals surface area contributed by atoms with Gasteiger partial charge in [-0.25, -0.2) is 4.79 Å². The normalized spacial score (nSPS) is 18.4. The van der Waals surface area contributed by atoms with E-state index in [4.69, 9.17) is 14.3 Å². The highest BCUT2D eigenvalue weighted by atomic mass is 19.4. The van der Waals surface area contributed by atoms with Gasteiger partial charge in [-0.3, -0.25) is 9.69 Å². The number of aryl methyl sites for hydroxylation is 1. The quantitative estimate of drug-likeness (QED) is 0.807. The number of nitrogens with zero attached hydrogens (tertiary/aromatic N) is 1. The van der Waals surface area contributed by atoms with E-state index in [1.807, 2.05) is 19.1 Å². The maximum Gasteiger partial charge on any atom is 0.490 e. The zero-order valence-corrected chi connectivity index (χ0v) is 13.7. The summed E-state index contributed by atoms with van der Waals surface area (Å²) >= 11 is 0. The molecule has 2 fully saturated rings. The molecule has 0 spiro atoms. The molecule has 0 atom stereocenters. The minimum Gasteiger partial charge on any atom is -0.481 e. The molecule has 1 aromatic heterocycles. The number of halogens is 3. The summed E-state index contributed by atoms with van der Waals surface area (Å²) in [5.41, 5.74) is -0.468. The number of carboxylic acids is 2. The minimum atomic E-state index is -5.08. The number of aliphatic carboxylic acids is 2. The van der Waals surface area contributed by atoms with Crippen LogP contribution in [0, 0.1) is 12.3 Å². The molecule has 1 aromatic rings. The highest BCUT2D eigenvalue weighted by Crippen LogP contribution is 2.48. The second-order valence-electron chi connectivity index (χ2n) is 6.54. The topological polar surface area (TPSA) is 91.0 Å². The zero-order valence-electron chi connectivity index (χ0n) is 13.7. The van der Waals surface area contributed by atoms with E-state index in [0.717, 1.165) is 30.9 Å². The number of hydrogen-bond donors (Lipinski definition) is 2. The lowest BCUT2D eigenvalue weighted by atomic mass is 10.1. The van der Waals surface area contributed by atoms with Crippen molar-refractivity contribution in [1.29, 1.82) is 0 Å². The Morgan fingerprint density at radius 1 is 1.28 bits per heavy atom. The Bertz CT molecular complexity index is 632. The number of rotatable bonds is 6. The SMILES string of the molecule is Cc1ccc(CN(CC2(C(=O)O)CC2)C2CC2)o1.O=C(O)C(F)(F)F. The summed E-state index contributed by atoms with van der Waals surface area (Å²) in [6, 6.07) is 4.52. The van der Waals surface area contributed by atoms with E-state index in [1.54, 1.807) is 0 Å². The monoisotopic (exact) mass is 363 g/mol. The molecule has 2 N–H and O–H groups in total. The van der Waals surface area contributed by atoms with E-state index in [9.17, 15) is 23.1 Å². The van der Waals surface area contributed by atoms with Crippen LogP contribution in [0.4, 0.5) is 13.2 Å². The number of alkyl halides is 3. The molecule has 140 valence electrons. The number of hydrogen-bond acceptors (Lipinski definition) is 4. The smallest absolute Gasteiger partial charge is 0.481 e. The molecule has 9 heteroatoms. The molecular weight excluding hydrogens is 343 g/mol. The maximum absolute atomic E-state index is 11.3. The van der Waals surface area contributed by atoms with Crippen molar-refractivity contribution in [2.24, 2.45) is 5.41 Å². The molecule has 6 nitrogen and oxygen atoms in total. The molecule has 3 rings (SSSR count). The first-order valence-corrected chi connectivity index (χ1v) is 7.86. The van der Waals surface area contributed by atoms with Gasteiger partial charge in [0.25, 0.3) is 0 Å². The van der Waals surface area contributed by atoms with E-state index in [1.165, 1.54) is 12.8 Å². The standard InChI is InChI=1S/C14H19NO3.C2HF3O2/c1-10-2-5-12(18-10)8-15(11-3-4-11)9-14(6-7-14)13(16)17;3-2(4,5)1(6)7/h2,5,11H,3-4,6-9H2,1H3,(H,16,17);(H,6,7). The number of carboxylic acid groups (broad SMARTS) is 2. The van der Waals surface area contributed by atoms with Crippen LogP contribution in [-0.4, -0.2) is 45.8 Å². The van der Waals surface area contributed by atoms with Crippen molar-refractivity contribution in [3.05, 3.63) is 23.7 Å². The lowest BCUT2D eigenvalue weighted by Gasteiger charge is -2.24. The Balaban J connectivity index is 0.000000277. The van der Waals surface area contributed by atoms with E-state index >= 15 is 0 Å². The first kappa shape index (κ1) is 19.3. The van der Waals surface area contributed by atoms with Crippen molar-refractivity contribution in [1.82, 2.24) is 4.90 Å². The summed E-state index contributed by atoms with van der Waals surface area (Å²) in [5, 5.41) is 16.4. The third-order valence-corrected chi connectivity index (χ3v) is 4.27. The molecule has 2 saturated carbocycles. The summed E-state index contributed by atoms with van der Waals surface area (Å²) in [5.74, 6) is -1.53.